The lowest BCUT2D eigenvalue weighted by atomic mass is 9.93. The predicted molar refractivity (Wildman–Crippen MR) is 106 cm³/mol. The van der Waals surface area contributed by atoms with Gasteiger partial charge in [0.2, 0.25) is 10.0 Å². The van der Waals surface area contributed by atoms with Crippen molar-refractivity contribution in [2.75, 3.05) is 0 Å². The van der Waals surface area contributed by atoms with Gasteiger partial charge in [0, 0.05) is 12.1 Å². The Labute approximate surface area is 164 Å². The van der Waals surface area contributed by atoms with Crippen molar-refractivity contribution in [3.63, 3.8) is 0 Å². The standard InChI is InChI=1S/C19H26N6O2S/c1-3-11-7-13(19(28(20,26)27)9-12(19)4-2)8-14(11)18-24-23-16-10-22-17-15(25(16)18)5-6-21-17/h5-6,10-14,21H,3-4,7-9H2,1-2H3,(H2,20,26,27)/t11-,12?,13+,14+,19?/m1/s1. The van der Waals surface area contributed by atoms with Gasteiger partial charge in [0.25, 0.3) is 0 Å². The maximum absolute atomic E-state index is 12.5. The van der Waals surface area contributed by atoms with E-state index in [2.05, 4.69) is 38.4 Å². The molecule has 5 atom stereocenters. The maximum atomic E-state index is 12.5. The Bertz CT molecular complexity index is 1150. The SMILES string of the molecule is CCC1CC1([C@H]1C[C@@H](CC)[C@@H](c2nnc3cnc4[nH]ccc4n23)C1)S(N)(=O)=O. The fourth-order valence-electron chi connectivity index (χ4n) is 5.83. The summed E-state index contributed by atoms with van der Waals surface area (Å²) in [5, 5.41) is 14.6. The van der Waals surface area contributed by atoms with Gasteiger partial charge in [-0.25, -0.2) is 18.5 Å². The largest absolute Gasteiger partial charge is 0.345 e. The van der Waals surface area contributed by atoms with E-state index >= 15 is 0 Å². The average molecular weight is 403 g/mol. The first-order valence-electron chi connectivity index (χ1n) is 10.1. The fourth-order valence-corrected chi connectivity index (χ4v) is 7.55. The Hall–Kier alpha value is -2.00. The van der Waals surface area contributed by atoms with E-state index in [1.807, 2.05) is 12.3 Å². The molecule has 2 aliphatic rings. The van der Waals surface area contributed by atoms with Crippen LogP contribution in [0.4, 0.5) is 0 Å². The smallest absolute Gasteiger partial charge is 0.215 e. The Morgan fingerprint density at radius 2 is 2.11 bits per heavy atom. The number of sulfonamides is 1. The summed E-state index contributed by atoms with van der Waals surface area (Å²) in [5.41, 5.74) is 2.47. The minimum atomic E-state index is -3.59. The number of nitrogens with two attached hydrogens (primary N) is 1. The van der Waals surface area contributed by atoms with Gasteiger partial charge in [-0.3, -0.25) is 4.40 Å². The topological polar surface area (TPSA) is 119 Å². The van der Waals surface area contributed by atoms with E-state index in [1.165, 1.54) is 0 Å². The van der Waals surface area contributed by atoms with E-state index in [0.717, 1.165) is 48.3 Å². The Kier molecular flexibility index (Phi) is 3.87. The number of hydrogen-bond donors (Lipinski definition) is 2. The maximum Gasteiger partial charge on any atom is 0.215 e. The Morgan fingerprint density at radius 1 is 1.29 bits per heavy atom. The van der Waals surface area contributed by atoms with Crippen molar-refractivity contribution < 1.29 is 8.42 Å². The normalized spacial score (nSPS) is 33.1. The van der Waals surface area contributed by atoms with Crippen LogP contribution in [0, 0.1) is 17.8 Å². The van der Waals surface area contributed by atoms with Gasteiger partial charge in [0.1, 0.15) is 5.82 Å². The van der Waals surface area contributed by atoms with Crippen LogP contribution in [0.15, 0.2) is 18.5 Å². The summed E-state index contributed by atoms with van der Waals surface area (Å²) in [6.45, 7) is 4.23. The molecule has 0 bridgehead atoms. The van der Waals surface area contributed by atoms with Crippen LogP contribution >= 0.6 is 0 Å². The predicted octanol–water partition coefficient (Wildman–Crippen LogP) is 2.58. The summed E-state index contributed by atoms with van der Waals surface area (Å²) in [7, 11) is -3.59. The number of hydrogen-bond acceptors (Lipinski definition) is 5. The highest BCUT2D eigenvalue weighted by atomic mass is 32.2. The van der Waals surface area contributed by atoms with Gasteiger partial charge in [-0.1, -0.05) is 26.7 Å². The number of fused-ring (bicyclic) bond motifs is 3. The second kappa shape index (κ2) is 6.00. The van der Waals surface area contributed by atoms with E-state index in [1.54, 1.807) is 6.20 Å². The molecule has 3 N–H and O–H groups in total. The highest BCUT2D eigenvalue weighted by Crippen LogP contribution is 2.63. The quantitative estimate of drug-likeness (QED) is 0.680. The van der Waals surface area contributed by atoms with Crippen molar-refractivity contribution in [3.8, 4) is 0 Å². The summed E-state index contributed by atoms with van der Waals surface area (Å²) in [6, 6.07) is 1.98. The Balaban J connectivity index is 1.58. The molecule has 2 unspecified atom stereocenters. The number of primary sulfonamides is 1. The molecule has 2 saturated carbocycles. The summed E-state index contributed by atoms with van der Waals surface area (Å²) >= 11 is 0. The lowest BCUT2D eigenvalue weighted by molar-refractivity contribution is 0.418. The summed E-state index contributed by atoms with van der Waals surface area (Å²) in [6.07, 6.45) is 7.80. The van der Waals surface area contributed by atoms with Crippen molar-refractivity contribution >= 4 is 26.8 Å². The molecule has 5 rings (SSSR count). The molecular formula is C19H26N6O2S. The van der Waals surface area contributed by atoms with Crippen molar-refractivity contribution in [3.05, 3.63) is 24.3 Å². The monoisotopic (exact) mass is 402 g/mol. The second-order valence-electron chi connectivity index (χ2n) is 8.47. The molecule has 0 radical (unpaired) electrons. The lowest BCUT2D eigenvalue weighted by Crippen LogP contribution is -2.38. The zero-order valence-electron chi connectivity index (χ0n) is 16.2. The van der Waals surface area contributed by atoms with E-state index in [9.17, 15) is 8.42 Å². The first-order valence-corrected chi connectivity index (χ1v) is 11.6. The number of nitrogens with zero attached hydrogens (tertiary/aromatic N) is 4. The zero-order chi connectivity index (χ0) is 19.7. The number of aromatic amines is 1. The molecule has 0 spiro atoms. The number of nitrogens with one attached hydrogen (secondary N) is 1. The Morgan fingerprint density at radius 3 is 2.79 bits per heavy atom. The summed E-state index contributed by atoms with van der Waals surface area (Å²) in [5.74, 6) is 1.71. The molecule has 0 aliphatic heterocycles. The van der Waals surface area contributed by atoms with Crippen molar-refractivity contribution in [1.82, 2.24) is 24.6 Å². The van der Waals surface area contributed by atoms with Gasteiger partial charge < -0.3 is 4.98 Å². The van der Waals surface area contributed by atoms with Crippen LogP contribution in [-0.2, 0) is 10.0 Å². The van der Waals surface area contributed by atoms with Crippen LogP contribution in [0.25, 0.3) is 16.8 Å². The van der Waals surface area contributed by atoms with Crippen LogP contribution in [0.1, 0.15) is 57.7 Å². The number of H-pyrrole nitrogens is 1. The molecule has 2 aliphatic carbocycles. The zero-order valence-corrected chi connectivity index (χ0v) is 17.0. The third-order valence-electron chi connectivity index (χ3n) is 7.33. The highest BCUT2D eigenvalue weighted by molar-refractivity contribution is 7.90. The molecule has 8 nitrogen and oxygen atoms in total. The van der Waals surface area contributed by atoms with Crippen molar-refractivity contribution in [1.29, 1.82) is 0 Å². The third kappa shape index (κ3) is 2.32. The van der Waals surface area contributed by atoms with Gasteiger partial charge >= 0.3 is 0 Å². The van der Waals surface area contributed by atoms with Crippen LogP contribution in [0.2, 0.25) is 0 Å². The third-order valence-corrected chi connectivity index (χ3v) is 9.22. The first kappa shape index (κ1) is 18.1. The average Bonchev–Trinajstić information content (AvgIpc) is 3.02. The van der Waals surface area contributed by atoms with Gasteiger partial charge in [-0.2, -0.15) is 0 Å². The van der Waals surface area contributed by atoms with E-state index in [0.29, 0.717) is 12.3 Å². The summed E-state index contributed by atoms with van der Waals surface area (Å²) in [4.78, 5) is 7.53. The van der Waals surface area contributed by atoms with Gasteiger partial charge in [0.05, 0.1) is 16.5 Å². The second-order valence-corrected chi connectivity index (χ2v) is 10.3. The molecule has 0 amide bonds. The molecule has 9 heteroatoms. The molecule has 3 aromatic rings. The lowest BCUT2D eigenvalue weighted by Gasteiger charge is -2.22. The fraction of sp³-hybridized carbons (Fsp3) is 0.632. The van der Waals surface area contributed by atoms with Crippen molar-refractivity contribution in [2.45, 2.75) is 56.6 Å². The molecule has 150 valence electrons. The molecule has 3 heterocycles. The minimum absolute atomic E-state index is 0.0818. The van der Waals surface area contributed by atoms with E-state index < -0.39 is 14.8 Å². The minimum Gasteiger partial charge on any atom is -0.345 e. The van der Waals surface area contributed by atoms with Crippen molar-refractivity contribution in [2.24, 2.45) is 22.9 Å². The molecule has 2 fully saturated rings. The summed E-state index contributed by atoms with van der Waals surface area (Å²) < 4.78 is 26.4. The molecule has 0 saturated heterocycles. The van der Waals surface area contributed by atoms with Gasteiger partial charge in [-0.15, -0.1) is 10.2 Å². The van der Waals surface area contributed by atoms with Crippen LogP contribution < -0.4 is 5.14 Å². The van der Waals surface area contributed by atoms with Crippen LogP contribution in [-0.4, -0.2) is 37.7 Å². The van der Waals surface area contributed by atoms with Gasteiger partial charge in [-0.05, 0) is 43.1 Å². The molecule has 3 aromatic heterocycles. The first-order chi connectivity index (χ1) is 13.4. The molecule has 28 heavy (non-hydrogen) atoms. The molecular weight excluding hydrogens is 376 g/mol. The van der Waals surface area contributed by atoms with Gasteiger partial charge in [0.15, 0.2) is 11.3 Å². The van der Waals surface area contributed by atoms with E-state index in [-0.39, 0.29) is 17.8 Å². The van der Waals surface area contributed by atoms with Crippen LogP contribution in [0.5, 0.6) is 0 Å². The number of aromatic nitrogens is 5. The highest BCUT2D eigenvalue weighted by Gasteiger charge is 2.67. The number of rotatable bonds is 5. The van der Waals surface area contributed by atoms with Crippen LogP contribution in [0.3, 0.4) is 0 Å². The van der Waals surface area contributed by atoms with E-state index in [4.69, 9.17) is 5.14 Å². The molecule has 0 aromatic carbocycles.